The van der Waals surface area contributed by atoms with Crippen molar-refractivity contribution in [3.05, 3.63) is 83.6 Å². The number of carbonyl (C=O) groups excluding carboxylic acids is 1. The second kappa shape index (κ2) is 9.67. The quantitative estimate of drug-likeness (QED) is 0.589. The van der Waals surface area contributed by atoms with Crippen LogP contribution in [0.2, 0.25) is 0 Å². The Morgan fingerprint density at radius 2 is 1.89 bits per heavy atom. The van der Waals surface area contributed by atoms with E-state index >= 15 is 0 Å². The monoisotopic (exact) mass is 376 g/mol. The molecule has 3 aromatic rings. The average molecular weight is 376 g/mol. The van der Waals surface area contributed by atoms with Crippen molar-refractivity contribution in [2.75, 3.05) is 13.7 Å². The lowest BCUT2D eigenvalue weighted by Gasteiger charge is -2.07. The fourth-order valence-electron chi connectivity index (χ4n) is 2.92. The minimum Gasteiger partial charge on any atom is -0.497 e. The van der Waals surface area contributed by atoms with E-state index in [9.17, 15) is 9.90 Å². The number of methoxy groups -OCH3 is 1. The normalized spacial score (nSPS) is 10.5. The molecule has 0 aliphatic carbocycles. The number of amides is 1. The molecule has 0 unspecified atom stereocenters. The van der Waals surface area contributed by atoms with Crippen LogP contribution in [0.5, 0.6) is 5.75 Å². The third-order valence-electron chi connectivity index (χ3n) is 4.52. The third-order valence-corrected chi connectivity index (χ3v) is 4.52. The molecule has 1 aromatic heterocycles. The van der Waals surface area contributed by atoms with Crippen LogP contribution in [0.15, 0.2) is 66.9 Å². The van der Waals surface area contributed by atoms with Gasteiger partial charge in [-0.25, -0.2) is 0 Å². The van der Waals surface area contributed by atoms with E-state index in [1.54, 1.807) is 19.4 Å². The minimum atomic E-state index is -0.127. The zero-order chi connectivity index (χ0) is 19.8. The Kier molecular flexibility index (Phi) is 6.76. The lowest BCUT2D eigenvalue weighted by atomic mass is 10.1. The lowest BCUT2D eigenvalue weighted by molar-refractivity contribution is 0.0953. The molecule has 144 valence electrons. The first kappa shape index (κ1) is 19.6. The van der Waals surface area contributed by atoms with Crippen LogP contribution in [-0.4, -0.2) is 29.7 Å². The van der Waals surface area contributed by atoms with Gasteiger partial charge in [-0.1, -0.05) is 30.3 Å². The molecule has 2 N–H and O–H groups in total. The van der Waals surface area contributed by atoms with Crippen molar-refractivity contribution >= 4 is 5.91 Å². The molecule has 0 aliphatic heterocycles. The van der Waals surface area contributed by atoms with Gasteiger partial charge in [0.15, 0.2) is 0 Å². The van der Waals surface area contributed by atoms with E-state index in [1.807, 2.05) is 54.6 Å². The summed E-state index contributed by atoms with van der Waals surface area (Å²) in [6.45, 7) is 0.593. The summed E-state index contributed by atoms with van der Waals surface area (Å²) >= 11 is 0. The Morgan fingerprint density at radius 3 is 2.57 bits per heavy atom. The second-order valence-corrected chi connectivity index (χ2v) is 6.50. The van der Waals surface area contributed by atoms with E-state index in [-0.39, 0.29) is 12.5 Å². The molecule has 3 rings (SSSR count). The van der Waals surface area contributed by atoms with Gasteiger partial charge >= 0.3 is 0 Å². The van der Waals surface area contributed by atoms with E-state index in [0.29, 0.717) is 12.1 Å². The van der Waals surface area contributed by atoms with Crippen LogP contribution in [-0.2, 0) is 13.0 Å². The largest absolute Gasteiger partial charge is 0.497 e. The van der Waals surface area contributed by atoms with Gasteiger partial charge in [-0.05, 0) is 54.3 Å². The summed E-state index contributed by atoms with van der Waals surface area (Å²) in [7, 11) is 1.65. The summed E-state index contributed by atoms with van der Waals surface area (Å²) in [6, 6.07) is 19.1. The zero-order valence-corrected chi connectivity index (χ0v) is 15.9. The van der Waals surface area contributed by atoms with Crippen molar-refractivity contribution < 1.29 is 14.6 Å². The summed E-state index contributed by atoms with van der Waals surface area (Å²) < 4.78 is 5.15. The van der Waals surface area contributed by atoms with Gasteiger partial charge in [0, 0.05) is 18.3 Å². The number of aryl methyl sites for hydroxylation is 1. The Hall–Kier alpha value is -3.18. The number of nitrogens with zero attached hydrogens (tertiary/aromatic N) is 1. The van der Waals surface area contributed by atoms with Crippen molar-refractivity contribution in [2.45, 2.75) is 19.4 Å². The molecule has 5 nitrogen and oxygen atoms in total. The molecule has 28 heavy (non-hydrogen) atoms. The topological polar surface area (TPSA) is 71.5 Å². The minimum absolute atomic E-state index is 0.00907. The maximum atomic E-state index is 12.3. The van der Waals surface area contributed by atoms with Crippen molar-refractivity contribution in [3.63, 3.8) is 0 Å². The molecule has 1 heterocycles. The van der Waals surface area contributed by atoms with Crippen molar-refractivity contribution in [1.82, 2.24) is 10.3 Å². The molecule has 0 saturated carbocycles. The number of aromatic nitrogens is 1. The highest BCUT2D eigenvalue weighted by Gasteiger charge is 2.07. The van der Waals surface area contributed by atoms with Crippen LogP contribution in [0.4, 0.5) is 0 Å². The molecule has 0 saturated heterocycles. The number of rotatable bonds is 8. The Balaban J connectivity index is 1.50. The van der Waals surface area contributed by atoms with Gasteiger partial charge in [0.05, 0.1) is 25.0 Å². The van der Waals surface area contributed by atoms with Crippen LogP contribution in [0, 0.1) is 0 Å². The lowest BCUT2D eigenvalue weighted by Crippen LogP contribution is -2.24. The fourth-order valence-corrected chi connectivity index (χ4v) is 2.92. The van der Waals surface area contributed by atoms with Gasteiger partial charge in [0.2, 0.25) is 0 Å². The number of carbonyl (C=O) groups is 1. The molecule has 0 bridgehead atoms. The first-order chi connectivity index (χ1) is 13.7. The SMILES string of the molecule is COc1ccc(CCCNC(=O)c2ccc(-c3cccc(CO)c3)nc2)cc1. The van der Waals surface area contributed by atoms with Gasteiger partial charge in [-0.15, -0.1) is 0 Å². The van der Waals surface area contributed by atoms with Gasteiger partial charge in [-0.3, -0.25) is 9.78 Å². The molecule has 0 spiro atoms. The van der Waals surface area contributed by atoms with Gasteiger partial charge in [0.25, 0.3) is 5.91 Å². The molecule has 0 atom stereocenters. The highest BCUT2D eigenvalue weighted by atomic mass is 16.5. The van der Waals surface area contributed by atoms with Crippen LogP contribution < -0.4 is 10.1 Å². The maximum absolute atomic E-state index is 12.3. The molecule has 0 aliphatic rings. The molecule has 5 heteroatoms. The van der Waals surface area contributed by atoms with Crippen LogP contribution in [0.3, 0.4) is 0 Å². The van der Waals surface area contributed by atoms with Crippen molar-refractivity contribution in [2.24, 2.45) is 0 Å². The molecule has 1 amide bonds. The fraction of sp³-hybridized carbons (Fsp3) is 0.217. The van der Waals surface area contributed by atoms with Gasteiger partial charge in [0.1, 0.15) is 5.75 Å². The predicted octanol–water partition coefficient (Wildman–Crippen LogP) is 3.61. The summed E-state index contributed by atoms with van der Waals surface area (Å²) in [4.78, 5) is 16.7. The van der Waals surface area contributed by atoms with E-state index in [4.69, 9.17) is 4.74 Å². The van der Waals surface area contributed by atoms with E-state index in [1.165, 1.54) is 5.56 Å². The summed E-state index contributed by atoms with van der Waals surface area (Å²) in [5, 5.41) is 12.2. The number of hydrogen-bond acceptors (Lipinski definition) is 4. The molecule has 2 aromatic carbocycles. The van der Waals surface area contributed by atoms with Gasteiger partial charge in [-0.2, -0.15) is 0 Å². The van der Waals surface area contributed by atoms with Crippen LogP contribution in [0.25, 0.3) is 11.3 Å². The highest BCUT2D eigenvalue weighted by Crippen LogP contribution is 2.18. The van der Waals surface area contributed by atoms with Crippen LogP contribution >= 0.6 is 0 Å². The maximum Gasteiger partial charge on any atom is 0.252 e. The molecule has 0 radical (unpaired) electrons. The number of aliphatic hydroxyl groups is 1. The number of aliphatic hydroxyl groups excluding tert-OH is 1. The Morgan fingerprint density at radius 1 is 1.07 bits per heavy atom. The second-order valence-electron chi connectivity index (χ2n) is 6.50. The summed E-state index contributed by atoms with van der Waals surface area (Å²) in [5.74, 6) is 0.717. The van der Waals surface area contributed by atoms with E-state index in [2.05, 4.69) is 10.3 Å². The Labute approximate surface area is 165 Å². The van der Waals surface area contributed by atoms with Crippen LogP contribution in [0.1, 0.15) is 27.9 Å². The number of pyridine rings is 1. The summed E-state index contributed by atoms with van der Waals surface area (Å²) in [6.07, 6.45) is 3.33. The zero-order valence-electron chi connectivity index (χ0n) is 15.9. The smallest absolute Gasteiger partial charge is 0.252 e. The van der Waals surface area contributed by atoms with Gasteiger partial charge < -0.3 is 15.2 Å². The Bertz CT molecular complexity index is 906. The summed E-state index contributed by atoms with van der Waals surface area (Å²) in [5.41, 5.74) is 4.26. The van der Waals surface area contributed by atoms with E-state index < -0.39 is 0 Å². The highest BCUT2D eigenvalue weighted by molar-refractivity contribution is 5.94. The molecule has 0 fully saturated rings. The molecular weight excluding hydrogens is 352 g/mol. The first-order valence-electron chi connectivity index (χ1n) is 9.27. The van der Waals surface area contributed by atoms with E-state index in [0.717, 1.165) is 35.4 Å². The third kappa shape index (κ3) is 5.18. The standard InChI is InChI=1S/C23H24N2O3/c1-28-21-10-7-17(8-11-21)5-3-13-24-23(27)20-9-12-22(25-15-20)19-6-2-4-18(14-19)16-26/h2,4,6-12,14-15,26H,3,5,13,16H2,1H3,(H,24,27). The predicted molar refractivity (Wildman–Crippen MR) is 109 cm³/mol. The number of nitrogens with one attached hydrogen (secondary N) is 1. The first-order valence-corrected chi connectivity index (χ1v) is 9.27. The molecular formula is C23H24N2O3. The number of ether oxygens (including phenoxy) is 1. The average Bonchev–Trinajstić information content (AvgIpc) is 2.77. The number of hydrogen-bond donors (Lipinski definition) is 2. The van der Waals surface area contributed by atoms with Crippen molar-refractivity contribution in [1.29, 1.82) is 0 Å². The number of benzene rings is 2. The van der Waals surface area contributed by atoms with Crippen molar-refractivity contribution in [3.8, 4) is 17.0 Å².